The highest BCUT2D eigenvalue weighted by Crippen LogP contribution is 2.36. The van der Waals surface area contributed by atoms with Crippen LogP contribution in [0.15, 0.2) is 47.4 Å². The van der Waals surface area contributed by atoms with Crippen molar-refractivity contribution in [3.05, 3.63) is 53.6 Å². The molecule has 2 amide bonds. The van der Waals surface area contributed by atoms with E-state index in [9.17, 15) is 18.0 Å². The Morgan fingerprint density at radius 3 is 2.21 bits per heavy atom. The van der Waals surface area contributed by atoms with Gasteiger partial charge in [0.15, 0.2) is 9.84 Å². The van der Waals surface area contributed by atoms with Crippen LogP contribution in [-0.2, 0) is 9.84 Å². The van der Waals surface area contributed by atoms with Crippen molar-refractivity contribution in [2.45, 2.75) is 24.7 Å². The van der Waals surface area contributed by atoms with Gasteiger partial charge in [0.2, 0.25) is 0 Å². The fraction of sp³-hybridized carbons (Fsp3) is 0.333. The van der Waals surface area contributed by atoms with Crippen LogP contribution in [0.2, 0.25) is 0 Å². The predicted molar refractivity (Wildman–Crippen MR) is 108 cm³/mol. The summed E-state index contributed by atoms with van der Waals surface area (Å²) in [7, 11) is -3.45. The van der Waals surface area contributed by atoms with Gasteiger partial charge in [-0.05, 0) is 49.1 Å². The molecule has 0 saturated carbocycles. The van der Waals surface area contributed by atoms with Gasteiger partial charge in [-0.2, -0.15) is 0 Å². The number of rotatable bonds is 3. The number of anilines is 2. The molecule has 1 unspecified atom stereocenters. The number of fused-ring (bicyclic) bond motifs is 1. The molecule has 2 heterocycles. The van der Waals surface area contributed by atoms with Crippen LogP contribution in [0.5, 0.6) is 0 Å². The average Bonchev–Trinajstić information content (AvgIpc) is 2.92. The molecule has 2 aromatic rings. The van der Waals surface area contributed by atoms with Crippen molar-refractivity contribution in [1.29, 1.82) is 0 Å². The van der Waals surface area contributed by atoms with Gasteiger partial charge in [0.05, 0.1) is 27.4 Å². The Morgan fingerprint density at radius 1 is 1.00 bits per heavy atom. The van der Waals surface area contributed by atoms with E-state index >= 15 is 0 Å². The van der Waals surface area contributed by atoms with Gasteiger partial charge in [0, 0.05) is 19.3 Å². The standard InChI is InChI=1S/C21H22N2O4S/c1-14-6-5-11-22(13-14)18-12-15(9-10-19(18)28(2,26)27)23-20(24)16-7-3-4-8-17(16)21(23)25/h3-4,7-10,12,14H,5-6,11,13H2,1-2H3. The minimum atomic E-state index is -3.45. The maximum atomic E-state index is 12.8. The van der Waals surface area contributed by atoms with Gasteiger partial charge in [-0.1, -0.05) is 19.1 Å². The van der Waals surface area contributed by atoms with Crippen molar-refractivity contribution in [2.75, 3.05) is 29.1 Å². The minimum Gasteiger partial charge on any atom is -0.370 e. The monoisotopic (exact) mass is 398 g/mol. The van der Waals surface area contributed by atoms with Gasteiger partial charge in [0.1, 0.15) is 0 Å². The van der Waals surface area contributed by atoms with Crippen molar-refractivity contribution in [2.24, 2.45) is 5.92 Å². The highest BCUT2D eigenvalue weighted by molar-refractivity contribution is 7.90. The van der Waals surface area contributed by atoms with Crippen molar-refractivity contribution in [3.63, 3.8) is 0 Å². The summed E-state index contributed by atoms with van der Waals surface area (Å²) in [5.74, 6) is -0.319. The van der Waals surface area contributed by atoms with Crippen LogP contribution in [0.1, 0.15) is 40.5 Å². The number of sulfone groups is 1. The van der Waals surface area contributed by atoms with Crippen LogP contribution in [0.25, 0.3) is 0 Å². The van der Waals surface area contributed by atoms with Gasteiger partial charge >= 0.3 is 0 Å². The van der Waals surface area contributed by atoms with E-state index in [1.165, 1.54) is 18.4 Å². The summed E-state index contributed by atoms with van der Waals surface area (Å²) >= 11 is 0. The lowest BCUT2D eigenvalue weighted by Crippen LogP contribution is -2.35. The molecule has 1 saturated heterocycles. The highest BCUT2D eigenvalue weighted by atomic mass is 32.2. The number of hydrogen-bond donors (Lipinski definition) is 0. The molecule has 28 heavy (non-hydrogen) atoms. The number of piperidine rings is 1. The molecule has 0 bridgehead atoms. The third-order valence-corrected chi connectivity index (χ3v) is 6.54. The summed E-state index contributed by atoms with van der Waals surface area (Å²) in [6, 6.07) is 11.4. The Hall–Kier alpha value is -2.67. The fourth-order valence-electron chi connectivity index (χ4n) is 4.04. The van der Waals surface area contributed by atoms with E-state index < -0.39 is 9.84 Å². The molecular formula is C21H22N2O4S. The number of benzene rings is 2. The fourth-order valence-corrected chi connectivity index (χ4v) is 4.92. The van der Waals surface area contributed by atoms with Crippen molar-refractivity contribution >= 4 is 33.0 Å². The number of amides is 2. The van der Waals surface area contributed by atoms with Crippen molar-refractivity contribution in [1.82, 2.24) is 0 Å². The summed E-state index contributed by atoms with van der Waals surface area (Å²) in [4.78, 5) is 29.0. The normalized spacial score (nSPS) is 19.9. The molecule has 2 aliphatic heterocycles. The molecule has 146 valence electrons. The van der Waals surface area contributed by atoms with Gasteiger partial charge in [-0.25, -0.2) is 13.3 Å². The van der Waals surface area contributed by atoms with E-state index in [1.807, 2.05) is 4.90 Å². The van der Waals surface area contributed by atoms with Crippen LogP contribution >= 0.6 is 0 Å². The van der Waals surface area contributed by atoms with Gasteiger partial charge < -0.3 is 4.90 Å². The molecule has 0 aliphatic carbocycles. The zero-order chi connectivity index (χ0) is 20.1. The molecule has 0 spiro atoms. The Balaban J connectivity index is 1.81. The van der Waals surface area contributed by atoms with Crippen LogP contribution in [0.3, 0.4) is 0 Å². The first-order chi connectivity index (χ1) is 13.3. The van der Waals surface area contributed by atoms with Crippen molar-refractivity contribution in [3.8, 4) is 0 Å². The summed E-state index contributed by atoms with van der Waals surface area (Å²) in [5, 5.41) is 0. The Morgan fingerprint density at radius 2 is 1.64 bits per heavy atom. The number of imide groups is 1. The molecule has 1 atom stereocenters. The molecule has 0 radical (unpaired) electrons. The molecule has 2 aliphatic rings. The molecule has 6 nitrogen and oxygen atoms in total. The predicted octanol–water partition coefficient (Wildman–Crippen LogP) is 3.13. The lowest BCUT2D eigenvalue weighted by atomic mass is 9.99. The van der Waals surface area contributed by atoms with E-state index in [0.717, 1.165) is 30.8 Å². The summed E-state index contributed by atoms with van der Waals surface area (Å²) in [5.41, 5.74) is 1.69. The second kappa shape index (κ2) is 6.74. The lowest BCUT2D eigenvalue weighted by Gasteiger charge is -2.34. The van der Waals surface area contributed by atoms with Crippen LogP contribution in [0.4, 0.5) is 11.4 Å². The quantitative estimate of drug-likeness (QED) is 0.743. The average molecular weight is 398 g/mol. The minimum absolute atomic E-state index is 0.224. The summed E-state index contributed by atoms with van der Waals surface area (Å²) in [6.07, 6.45) is 3.26. The largest absolute Gasteiger partial charge is 0.370 e. The van der Waals surface area contributed by atoms with E-state index in [1.54, 1.807) is 30.3 Å². The SMILES string of the molecule is CC1CCCN(c2cc(N3C(=O)c4ccccc4C3=O)ccc2S(C)(=O)=O)C1. The number of carbonyl (C=O) groups excluding carboxylic acids is 2. The first kappa shape index (κ1) is 18.7. The van der Waals surface area contributed by atoms with Crippen LogP contribution in [0, 0.1) is 5.92 Å². The Labute approximate surface area is 164 Å². The molecule has 7 heteroatoms. The van der Waals surface area contributed by atoms with Crippen LogP contribution < -0.4 is 9.80 Å². The third kappa shape index (κ3) is 3.09. The lowest BCUT2D eigenvalue weighted by molar-refractivity contribution is 0.0926. The molecule has 2 aromatic carbocycles. The zero-order valence-electron chi connectivity index (χ0n) is 15.9. The van der Waals surface area contributed by atoms with E-state index in [0.29, 0.717) is 28.4 Å². The molecule has 1 fully saturated rings. The highest BCUT2D eigenvalue weighted by Gasteiger charge is 2.37. The van der Waals surface area contributed by atoms with Gasteiger partial charge in [0.25, 0.3) is 11.8 Å². The van der Waals surface area contributed by atoms with Crippen molar-refractivity contribution < 1.29 is 18.0 Å². The Bertz CT molecular complexity index is 1040. The van der Waals surface area contributed by atoms with E-state index in [4.69, 9.17) is 0 Å². The third-order valence-electron chi connectivity index (χ3n) is 5.39. The Kier molecular flexibility index (Phi) is 4.50. The van der Waals surface area contributed by atoms with Gasteiger partial charge in [-0.3, -0.25) is 9.59 Å². The first-order valence-electron chi connectivity index (χ1n) is 9.34. The number of nitrogens with zero attached hydrogens (tertiary/aromatic N) is 2. The second-order valence-electron chi connectivity index (χ2n) is 7.61. The second-order valence-corrected chi connectivity index (χ2v) is 9.59. The molecular weight excluding hydrogens is 376 g/mol. The summed E-state index contributed by atoms with van der Waals surface area (Å²) < 4.78 is 24.7. The first-order valence-corrected chi connectivity index (χ1v) is 11.2. The summed E-state index contributed by atoms with van der Waals surface area (Å²) in [6.45, 7) is 3.63. The molecule has 0 N–H and O–H groups in total. The molecule has 4 rings (SSSR count). The topological polar surface area (TPSA) is 74.8 Å². The maximum Gasteiger partial charge on any atom is 0.266 e. The van der Waals surface area contributed by atoms with E-state index in [2.05, 4.69) is 6.92 Å². The maximum absolute atomic E-state index is 12.8. The molecule has 0 aromatic heterocycles. The van der Waals surface area contributed by atoms with Gasteiger partial charge in [-0.15, -0.1) is 0 Å². The number of carbonyl (C=O) groups is 2. The zero-order valence-corrected chi connectivity index (χ0v) is 16.7. The smallest absolute Gasteiger partial charge is 0.266 e. The number of hydrogen-bond acceptors (Lipinski definition) is 5. The van der Waals surface area contributed by atoms with Crippen LogP contribution in [-0.4, -0.2) is 39.6 Å². The van der Waals surface area contributed by atoms with E-state index in [-0.39, 0.29) is 16.7 Å².